The minimum atomic E-state index is -3.01. The van der Waals surface area contributed by atoms with Crippen molar-refractivity contribution in [3.63, 3.8) is 0 Å². The molecule has 3 heterocycles. The summed E-state index contributed by atoms with van der Waals surface area (Å²) in [5.74, 6) is -0.735. The Balaban J connectivity index is 1.59. The lowest BCUT2D eigenvalue weighted by molar-refractivity contribution is -0.135. The van der Waals surface area contributed by atoms with E-state index in [0.717, 1.165) is 5.56 Å². The summed E-state index contributed by atoms with van der Waals surface area (Å²) < 4.78 is 41.3. The molecule has 6 nitrogen and oxygen atoms in total. The first-order valence-electron chi connectivity index (χ1n) is 9.77. The molecule has 0 unspecified atom stereocenters. The highest BCUT2D eigenvalue weighted by Crippen LogP contribution is 2.49. The number of Topliss-reactive ketones (excluding diaryl/α,β-unsaturated/α-hetero) is 1. The van der Waals surface area contributed by atoms with E-state index in [0.29, 0.717) is 16.9 Å². The molecule has 0 radical (unpaired) electrons. The van der Waals surface area contributed by atoms with Gasteiger partial charge in [0.15, 0.2) is 5.76 Å². The number of allylic oxidation sites excluding steroid dienone is 1. The van der Waals surface area contributed by atoms with Crippen LogP contribution in [0.25, 0.3) is 6.08 Å². The smallest absolute Gasteiger partial charge is 0.387 e. The molecule has 0 saturated carbocycles. The van der Waals surface area contributed by atoms with Crippen LogP contribution in [-0.4, -0.2) is 23.3 Å². The highest BCUT2D eigenvalue weighted by molar-refractivity contribution is 6.15. The Bertz CT molecular complexity index is 1260. The van der Waals surface area contributed by atoms with Gasteiger partial charge in [0.1, 0.15) is 17.2 Å². The number of para-hydroxylation sites is 1. The largest absolute Gasteiger partial charge is 0.452 e. The van der Waals surface area contributed by atoms with Crippen LogP contribution >= 0.6 is 0 Å². The van der Waals surface area contributed by atoms with Crippen molar-refractivity contribution in [3.05, 3.63) is 88.9 Å². The van der Waals surface area contributed by atoms with Crippen molar-refractivity contribution in [3.8, 4) is 17.2 Å². The van der Waals surface area contributed by atoms with Gasteiger partial charge in [0, 0.05) is 29.4 Å². The molecule has 8 heteroatoms. The lowest BCUT2D eigenvalue weighted by atomic mass is 9.85. The maximum atomic E-state index is 13.0. The second-order valence-corrected chi connectivity index (χ2v) is 7.23. The molecule has 0 amide bonds. The standard InChI is InChI=1S/C24H15F2NO5/c25-24(26)32-17-6-2-1-4-13(17)10-19-22(29)15-7-8-18-21(23(15)31-19)16(11-20(28)30-18)14-5-3-9-27-12-14/h1-10,12,16,24H,11H2/b19-10-/t16-/m0/s1. The number of rotatable bonds is 4. The number of alkyl halides is 2. The summed E-state index contributed by atoms with van der Waals surface area (Å²) in [6, 6.07) is 12.8. The van der Waals surface area contributed by atoms with Gasteiger partial charge >= 0.3 is 12.6 Å². The van der Waals surface area contributed by atoms with Crippen LogP contribution in [0.5, 0.6) is 17.2 Å². The molecule has 2 aliphatic rings. The quantitative estimate of drug-likeness (QED) is 0.335. The second-order valence-electron chi connectivity index (χ2n) is 7.23. The minimum absolute atomic E-state index is 0.0412. The molecule has 0 aliphatic carbocycles. The molecule has 0 fully saturated rings. The monoisotopic (exact) mass is 435 g/mol. The number of halogens is 2. The summed E-state index contributed by atoms with van der Waals surface area (Å²) in [7, 11) is 0. The molecular weight excluding hydrogens is 420 g/mol. The van der Waals surface area contributed by atoms with Crippen LogP contribution in [0.4, 0.5) is 8.78 Å². The lowest BCUT2D eigenvalue weighted by Gasteiger charge is -2.26. The molecular formula is C24H15F2NO5. The Labute approximate surface area is 181 Å². The third-order valence-corrected chi connectivity index (χ3v) is 5.29. The summed E-state index contributed by atoms with van der Waals surface area (Å²) in [5, 5.41) is 0. The van der Waals surface area contributed by atoms with Gasteiger partial charge in [0.25, 0.3) is 0 Å². The number of aromatic nitrogens is 1. The lowest BCUT2D eigenvalue weighted by Crippen LogP contribution is -2.21. The van der Waals surface area contributed by atoms with Crippen molar-refractivity contribution in [1.29, 1.82) is 0 Å². The molecule has 0 saturated heterocycles. The first-order chi connectivity index (χ1) is 15.5. The number of hydrogen-bond acceptors (Lipinski definition) is 6. The fourth-order valence-corrected chi connectivity index (χ4v) is 3.92. The van der Waals surface area contributed by atoms with Crippen LogP contribution in [0.2, 0.25) is 0 Å². The third-order valence-electron chi connectivity index (χ3n) is 5.29. The van der Waals surface area contributed by atoms with E-state index in [-0.39, 0.29) is 29.2 Å². The van der Waals surface area contributed by atoms with Gasteiger partial charge in [-0.05, 0) is 35.9 Å². The van der Waals surface area contributed by atoms with Crippen molar-refractivity contribution in [2.75, 3.05) is 0 Å². The fraction of sp³-hybridized carbons (Fsp3) is 0.125. The Kier molecular flexibility index (Phi) is 4.89. The van der Waals surface area contributed by atoms with E-state index >= 15 is 0 Å². The van der Waals surface area contributed by atoms with E-state index in [1.807, 2.05) is 6.07 Å². The van der Waals surface area contributed by atoms with Crippen molar-refractivity contribution in [2.45, 2.75) is 19.0 Å². The number of ketones is 1. The summed E-state index contributed by atoms with van der Waals surface area (Å²) in [4.78, 5) is 29.3. The Morgan fingerprint density at radius 2 is 1.91 bits per heavy atom. The zero-order valence-corrected chi connectivity index (χ0v) is 16.5. The summed E-state index contributed by atoms with van der Waals surface area (Å²) >= 11 is 0. The number of carbonyl (C=O) groups excluding carboxylic acids is 2. The number of hydrogen-bond donors (Lipinski definition) is 0. The molecule has 160 valence electrons. The highest BCUT2D eigenvalue weighted by atomic mass is 19.3. The van der Waals surface area contributed by atoms with E-state index < -0.39 is 24.3 Å². The average Bonchev–Trinajstić information content (AvgIpc) is 3.10. The number of carbonyl (C=O) groups is 2. The van der Waals surface area contributed by atoms with Crippen molar-refractivity contribution < 1.29 is 32.6 Å². The first-order valence-corrected chi connectivity index (χ1v) is 9.77. The molecule has 2 aliphatic heterocycles. The maximum Gasteiger partial charge on any atom is 0.387 e. The summed E-state index contributed by atoms with van der Waals surface area (Å²) in [5.41, 5.74) is 1.93. The fourth-order valence-electron chi connectivity index (χ4n) is 3.92. The summed E-state index contributed by atoms with van der Waals surface area (Å²) in [6.45, 7) is -3.01. The summed E-state index contributed by atoms with van der Waals surface area (Å²) in [6.07, 6.45) is 4.70. The predicted molar refractivity (Wildman–Crippen MR) is 109 cm³/mol. The molecule has 32 heavy (non-hydrogen) atoms. The average molecular weight is 435 g/mol. The number of pyridine rings is 1. The van der Waals surface area contributed by atoms with Crippen LogP contribution in [-0.2, 0) is 4.79 Å². The van der Waals surface area contributed by atoms with E-state index in [4.69, 9.17) is 9.47 Å². The predicted octanol–water partition coefficient (Wildman–Crippen LogP) is 4.74. The molecule has 2 aromatic carbocycles. The van der Waals surface area contributed by atoms with Crippen molar-refractivity contribution >= 4 is 17.8 Å². The molecule has 1 atom stereocenters. The van der Waals surface area contributed by atoms with Gasteiger partial charge in [-0.3, -0.25) is 14.6 Å². The van der Waals surface area contributed by atoms with Crippen LogP contribution in [0, 0.1) is 0 Å². The van der Waals surface area contributed by atoms with E-state index in [9.17, 15) is 18.4 Å². The molecule has 0 N–H and O–H groups in total. The molecule has 5 rings (SSSR count). The maximum absolute atomic E-state index is 13.0. The molecule has 3 aromatic rings. The number of benzene rings is 2. The van der Waals surface area contributed by atoms with E-state index in [2.05, 4.69) is 9.72 Å². The van der Waals surface area contributed by atoms with Gasteiger partial charge in [-0.15, -0.1) is 0 Å². The van der Waals surface area contributed by atoms with Gasteiger partial charge in [0.2, 0.25) is 5.78 Å². The SMILES string of the molecule is O=C1C[C@@H](c2cccnc2)c2c(ccc3c2O/C(=C\c2ccccc2OC(F)F)C3=O)O1. The van der Waals surface area contributed by atoms with E-state index in [1.165, 1.54) is 18.2 Å². The van der Waals surface area contributed by atoms with E-state index in [1.54, 1.807) is 42.7 Å². The highest BCUT2D eigenvalue weighted by Gasteiger charge is 2.38. The van der Waals surface area contributed by atoms with Crippen LogP contribution in [0.1, 0.15) is 39.4 Å². The number of esters is 1. The Morgan fingerprint density at radius 3 is 2.69 bits per heavy atom. The van der Waals surface area contributed by atoms with Crippen LogP contribution < -0.4 is 14.2 Å². The minimum Gasteiger partial charge on any atom is -0.452 e. The van der Waals surface area contributed by atoms with Crippen molar-refractivity contribution in [2.24, 2.45) is 0 Å². The topological polar surface area (TPSA) is 74.7 Å². The number of nitrogens with zero attached hydrogens (tertiary/aromatic N) is 1. The third kappa shape index (κ3) is 3.49. The van der Waals surface area contributed by atoms with Gasteiger partial charge in [-0.2, -0.15) is 8.78 Å². The first kappa shape index (κ1) is 19.9. The molecule has 0 bridgehead atoms. The number of fused-ring (bicyclic) bond motifs is 3. The molecule has 1 aromatic heterocycles. The van der Waals surface area contributed by atoms with Crippen LogP contribution in [0.15, 0.2) is 66.7 Å². The second kappa shape index (κ2) is 7.88. The zero-order valence-electron chi connectivity index (χ0n) is 16.5. The molecule has 0 spiro atoms. The Hall–Kier alpha value is -4.07. The Morgan fingerprint density at radius 1 is 1.06 bits per heavy atom. The number of ether oxygens (including phenoxy) is 3. The van der Waals surface area contributed by atoms with Gasteiger partial charge in [-0.25, -0.2) is 0 Å². The van der Waals surface area contributed by atoms with Gasteiger partial charge in [0.05, 0.1) is 12.0 Å². The van der Waals surface area contributed by atoms with Crippen LogP contribution in [0.3, 0.4) is 0 Å². The zero-order chi connectivity index (χ0) is 22.2. The normalized spacial score (nSPS) is 18.2. The van der Waals surface area contributed by atoms with Crippen molar-refractivity contribution in [1.82, 2.24) is 4.98 Å². The van der Waals surface area contributed by atoms with Gasteiger partial charge in [-0.1, -0.05) is 24.3 Å². The van der Waals surface area contributed by atoms with Gasteiger partial charge < -0.3 is 14.2 Å².